The Morgan fingerprint density at radius 2 is 1.71 bits per heavy atom. The molecule has 0 radical (unpaired) electrons. The van der Waals surface area contributed by atoms with E-state index in [-0.39, 0.29) is 18.4 Å². The number of anilines is 1. The fraction of sp³-hybridized carbons (Fsp3) is 0.318. The van der Waals surface area contributed by atoms with Crippen LogP contribution in [0.4, 0.5) is 10.5 Å². The van der Waals surface area contributed by atoms with Gasteiger partial charge in [0.1, 0.15) is 12.6 Å². The van der Waals surface area contributed by atoms with E-state index < -0.39 is 12.1 Å². The molecule has 1 fully saturated rings. The van der Waals surface area contributed by atoms with Gasteiger partial charge in [0.25, 0.3) is 5.91 Å². The van der Waals surface area contributed by atoms with Crippen molar-refractivity contribution in [2.45, 2.75) is 32.7 Å². The highest BCUT2D eigenvalue weighted by atomic mass is 16.2. The van der Waals surface area contributed by atoms with Crippen molar-refractivity contribution < 1.29 is 14.4 Å². The summed E-state index contributed by atoms with van der Waals surface area (Å²) in [5.74, 6) is -0.683. The van der Waals surface area contributed by atoms with Crippen LogP contribution in [0.15, 0.2) is 54.6 Å². The number of imide groups is 1. The molecule has 1 aliphatic rings. The number of nitrogens with zero attached hydrogens (tertiary/aromatic N) is 2. The second-order valence-electron chi connectivity index (χ2n) is 7.03. The molecular formula is C22H25N3O3. The highest BCUT2D eigenvalue weighted by molar-refractivity contribution is 6.15. The van der Waals surface area contributed by atoms with E-state index in [4.69, 9.17) is 0 Å². The molecule has 2 aromatic carbocycles. The van der Waals surface area contributed by atoms with Gasteiger partial charge >= 0.3 is 6.03 Å². The number of aryl methyl sites for hydroxylation is 2. The Morgan fingerprint density at radius 1 is 1.04 bits per heavy atom. The van der Waals surface area contributed by atoms with Crippen LogP contribution in [0.3, 0.4) is 0 Å². The Bertz CT molecular complexity index is 849. The number of urea groups is 1. The van der Waals surface area contributed by atoms with Gasteiger partial charge in [0.15, 0.2) is 0 Å². The summed E-state index contributed by atoms with van der Waals surface area (Å²) < 4.78 is 0. The molecule has 0 bridgehead atoms. The Labute approximate surface area is 165 Å². The first kappa shape index (κ1) is 19.6. The molecule has 1 saturated heterocycles. The summed E-state index contributed by atoms with van der Waals surface area (Å²) >= 11 is 0. The van der Waals surface area contributed by atoms with E-state index in [1.165, 1.54) is 10.5 Å². The molecule has 2 aromatic rings. The summed E-state index contributed by atoms with van der Waals surface area (Å²) in [4.78, 5) is 39.9. The van der Waals surface area contributed by atoms with E-state index in [2.05, 4.69) is 5.32 Å². The van der Waals surface area contributed by atoms with Gasteiger partial charge in [-0.1, -0.05) is 48.0 Å². The fourth-order valence-corrected chi connectivity index (χ4v) is 3.28. The van der Waals surface area contributed by atoms with Crippen LogP contribution >= 0.6 is 0 Å². The van der Waals surface area contributed by atoms with Gasteiger partial charge in [-0.2, -0.15) is 0 Å². The first-order chi connectivity index (χ1) is 13.5. The van der Waals surface area contributed by atoms with Crippen molar-refractivity contribution in [3.8, 4) is 0 Å². The lowest BCUT2D eigenvalue weighted by Gasteiger charge is -2.19. The number of amides is 4. The summed E-state index contributed by atoms with van der Waals surface area (Å²) in [5, 5.41) is 2.79. The van der Waals surface area contributed by atoms with Crippen molar-refractivity contribution in [2.24, 2.45) is 0 Å². The van der Waals surface area contributed by atoms with Crippen molar-refractivity contribution in [1.29, 1.82) is 0 Å². The molecule has 28 heavy (non-hydrogen) atoms. The zero-order valence-electron chi connectivity index (χ0n) is 16.2. The van der Waals surface area contributed by atoms with Crippen LogP contribution in [-0.4, -0.2) is 41.9 Å². The number of benzene rings is 2. The van der Waals surface area contributed by atoms with Gasteiger partial charge in [-0.15, -0.1) is 0 Å². The van der Waals surface area contributed by atoms with Crippen molar-refractivity contribution >= 4 is 23.5 Å². The third-order valence-corrected chi connectivity index (χ3v) is 4.87. The molecule has 0 aromatic heterocycles. The fourth-order valence-electron chi connectivity index (χ4n) is 3.28. The number of hydrogen-bond acceptors (Lipinski definition) is 3. The van der Waals surface area contributed by atoms with Gasteiger partial charge < -0.3 is 5.32 Å². The van der Waals surface area contributed by atoms with E-state index in [0.717, 1.165) is 23.3 Å². The normalized spacial score (nSPS) is 16.6. The second kappa shape index (κ2) is 8.69. The quantitative estimate of drug-likeness (QED) is 0.594. The Hall–Kier alpha value is -3.15. The average Bonchev–Trinajstić information content (AvgIpc) is 2.90. The monoisotopic (exact) mass is 379 g/mol. The Kier molecular flexibility index (Phi) is 6.09. The molecule has 1 aliphatic heterocycles. The van der Waals surface area contributed by atoms with Crippen LogP contribution in [0.25, 0.3) is 0 Å². The molecule has 4 amide bonds. The molecule has 1 atom stereocenters. The zero-order valence-corrected chi connectivity index (χ0v) is 16.2. The van der Waals surface area contributed by atoms with E-state index in [9.17, 15) is 14.4 Å². The number of carbonyl (C=O) groups excluding carboxylic acids is 3. The largest absolute Gasteiger partial charge is 0.355 e. The predicted molar refractivity (Wildman–Crippen MR) is 108 cm³/mol. The van der Waals surface area contributed by atoms with Crippen molar-refractivity contribution in [3.05, 3.63) is 65.7 Å². The molecule has 0 unspecified atom stereocenters. The summed E-state index contributed by atoms with van der Waals surface area (Å²) in [6.45, 7) is 3.88. The van der Waals surface area contributed by atoms with E-state index >= 15 is 0 Å². The van der Waals surface area contributed by atoms with Crippen LogP contribution in [-0.2, 0) is 16.0 Å². The smallest absolute Gasteiger partial charge is 0.332 e. The standard InChI is InChI=1S/C22H25N3O3/c1-16-10-12-19(13-11-16)25-17(2)21(27)24(22(25)28)15-20(26)23-14-6-9-18-7-4-3-5-8-18/h3-5,7-8,10-13,17H,6,9,14-15H2,1-2H3,(H,23,26)/t17-/m1/s1. The van der Waals surface area contributed by atoms with Gasteiger partial charge in [-0.3, -0.25) is 19.4 Å². The molecule has 1 heterocycles. The molecule has 0 spiro atoms. The molecule has 1 N–H and O–H groups in total. The Morgan fingerprint density at radius 3 is 2.39 bits per heavy atom. The maximum Gasteiger partial charge on any atom is 0.332 e. The maximum atomic E-state index is 12.7. The minimum atomic E-state index is -0.624. The number of nitrogens with one attached hydrogen (secondary N) is 1. The maximum absolute atomic E-state index is 12.7. The van der Waals surface area contributed by atoms with Crippen molar-refractivity contribution in [2.75, 3.05) is 18.0 Å². The summed E-state index contributed by atoms with van der Waals surface area (Å²) in [6.07, 6.45) is 1.66. The SMILES string of the molecule is Cc1ccc(N2C(=O)N(CC(=O)NCCCc3ccccc3)C(=O)[C@H]2C)cc1. The second-order valence-corrected chi connectivity index (χ2v) is 7.03. The molecule has 6 nitrogen and oxygen atoms in total. The van der Waals surface area contributed by atoms with Crippen LogP contribution in [0.2, 0.25) is 0 Å². The molecule has 0 saturated carbocycles. The lowest BCUT2D eigenvalue weighted by Crippen LogP contribution is -2.41. The van der Waals surface area contributed by atoms with Gasteiger partial charge in [0, 0.05) is 12.2 Å². The zero-order chi connectivity index (χ0) is 20.1. The summed E-state index contributed by atoms with van der Waals surface area (Å²) in [7, 11) is 0. The molecule has 0 aliphatic carbocycles. The average molecular weight is 379 g/mol. The van der Waals surface area contributed by atoms with Gasteiger partial charge in [-0.05, 0) is 44.4 Å². The topological polar surface area (TPSA) is 69.7 Å². The molecular weight excluding hydrogens is 354 g/mol. The van der Waals surface area contributed by atoms with Crippen molar-refractivity contribution in [3.63, 3.8) is 0 Å². The van der Waals surface area contributed by atoms with Crippen LogP contribution in [0.1, 0.15) is 24.5 Å². The number of carbonyl (C=O) groups is 3. The lowest BCUT2D eigenvalue weighted by atomic mass is 10.1. The van der Waals surface area contributed by atoms with E-state index in [1.807, 2.05) is 61.5 Å². The summed E-state index contributed by atoms with van der Waals surface area (Å²) in [5.41, 5.74) is 2.94. The number of hydrogen-bond donors (Lipinski definition) is 1. The Balaban J connectivity index is 1.53. The van der Waals surface area contributed by atoms with Gasteiger partial charge in [0.05, 0.1) is 0 Å². The third kappa shape index (κ3) is 4.39. The number of rotatable bonds is 7. The van der Waals surface area contributed by atoms with Crippen LogP contribution < -0.4 is 10.2 Å². The molecule has 6 heteroatoms. The first-order valence-corrected chi connectivity index (χ1v) is 9.49. The van der Waals surface area contributed by atoms with Crippen LogP contribution in [0, 0.1) is 6.92 Å². The minimum Gasteiger partial charge on any atom is -0.355 e. The van der Waals surface area contributed by atoms with Gasteiger partial charge in [-0.25, -0.2) is 4.79 Å². The van der Waals surface area contributed by atoms with Gasteiger partial charge in [0.2, 0.25) is 5.91 Å². The lowest BCUT2D eigenvalue weighted by molar-refractivity contribution is -0.131. The van der Waals surface area contributed by atoms with Crippen LogP contribution in [0.5, 0.6) is 0 Å². The minimum absolute atomic E-state index is 0.254. The molecule has 3 rings (SSSR count). The van der Waals surface area contributed by atoms with Crippen molar-refractivity contribution in [1.82, 2.24) is 10.2 Å². The molecule has 146 valence electrons. The highest BCUT2D eigenvalue weighted by Crippen LogP contribution is 2.25. The predicted octanol–water partition coefficient (Wildman–Crippen LogP) is 2.90. The first-order valence-electron chi connectivity index (χ1n) is 9.49. The highest BCUT2D eigenvalue weighted by Gasteiger charge is 2.43. The third-order valence-electron chi connectivity index (χ3n) is 4.87. The van der Waals surface area contributed by atoms with E-state index in [1.54, 1.807) is 6.92 Å². The van der Waals surface area contributed by atoms with E-state index in [0.29, 0.717) is 12.2 Å². The summed E-state index contributed by atoms with van der Waals surface area (Å²) in [6, 6.07) is 16.4.